The van der Waals surface area contributed by atoms with Gasteiger partial charge < -0.3 is 14.7 Å². The summed E-state index contributed by atoms with van der Waals surface area (Å²) in [5.74, 6) is 0.366. The molecule has 29 heavy (non-hydrogen) atoms. The second-order valence-electron chi connectivity index (χ2n) is 6.42. The van der Waals surface area contributed by atoms with E-state index in [1.165, 1.54) is 22.7 Å². The second kappa shape index (κ2) is 9.01. The number of hydrogen-bond acceptors (Lipinski definition) is 7. The zero-order valence-electron chi connectivity index (χ0n) is 15.9. The van der Waals surface area contributed by atoms with Gasteiger partial charge in [-0.2, -0.15) is 4.31 Å². The largest absolute Gasteiger partial charge is 0.364 e. The number of nitro groups is 1. The molecule has 1 aliphatic rings. The zero-order chi connectivity index (χ0) is 20.9. The van der Waals surface area contributed by atoms with Crippen LogP contribution in [0.3, 0.4) is 0 Å². The molecule has 1 aliphatic heterocycles. The van der Waals surface area contributed by atoms with Crippen LogP contribution in [0.2, 0.25) is 0 Å². The maximum absolute atomic E-state index is 12.5. The first-order valence-corrected chi connectivity index (χ1v) is 10.6. The number of nitrogens with zero attached hydrogens (tertiary/aromatic N) is 5. The van der Waals surface area contributed by atoms with E-state index < -0.39 is 14.9 Å². The normalized spacial score (nSPS) is 16.0. The maximum atomic E-state index is 12.5. The lowest BCUT2D eigenvalue weighted by atomic mass is 10.2. The van der Waals surface area contributed by atoms with E-state index in [9.17, 15) is 18.5 Å². The van der Waals surface area contributed by atoms with Crippen LogP contribution in [0, 0.1) is 10.1 Å². The van der Waals surface area contributed by atoms with Gasteiger partial charge in [-0.15, -0.1) is 0 Å². The van der Waals surface area contributed by atoms with E-state index in [-0.39, 0.29) is 18.0 Å². The zero-order valence-corrected chi connectivity index (χ0v) is 16.7. The molecule has 0 spiro atoms. The van der Waals surface area contributed by atoms with Gasteiger partial charge in [0, 0.05) is 57.5 Å². The van der Waals surface area contributed by atoms with Gasteiger partial charge in [-0.1, -0.05) is 23.4 Å². The van der Waals surface area contributed by atoms with Gasteiger partial charge in [0.05, 0.1) is 10.6 Å². The molecule has 1 aromatic heterocycles. The molecule has 156 valence electrons. The molecule has 1 N–H and O–H groups in total. The molecule has 0 atom stereocenters. The van der Waals surface area contributed by atoms with Crippen LogP contribution in [-0.4, -0.2) is 66.9 Å². The van der Waals surface area contributed by atoms with Crippen molar-refractivity contribution in [1.29, 1.82) is 0 Å². The van der Waals surface area contributed by atoms with Crippen molar-refractivity contribution in [2.24, 2.45) is 4.99 Å². The van der Waals surface area contributed by atoms with Crippen molar-refractivity contribution in [3.63, 3.8) is 0 Å². The minimum Gasteiger partial charge on any atom is -0.364 e. The Hall–Kier alpha value is -2.99. The van der Waals surface area contributed by atoms with Crippen molar-refractivity contribution in [2.45, 2.75) is 12.3 Å². The predicted octanol–water partition coefficient (Wildman–Crippen LogP) is 0.806. The summed E-state index contributed by atoms with van der Waals surface area (Å²) in [4.78, 5) is 16.9. The van der Waals surface area contributed by atoms with Crippen molar-refractivity contribution >= 4 is 21.7 Å². The van der Waals surface area contributed by atoms with Crippen molar-refractivity contribution in [1.82, 2.24) is 19.7 Å². The molecule has 0 bridgehead atoms. The number of benzene rings is 1. The van der Waals surface area contributed by atoms with Crippen molar-refractivity contribution < 1.29 is 17.9 Å². The summed E-state index contributed by atoms with van der Waals surface area (Å²) in [7, 11) is -1.86. The molecular formula is C17H22N6O5S. The number of nitro benzene ring substituents is 1. The van der Waals surface area contributed by atoms with Gasteiger partial charge in [-0.25, -0.2) is 8.42 Å². The van der Waals surface area contributed by atoms with Gasteiger partial charge in [0.2, 0.25) is 10.0 Å². The highest BCUT2D eigenvalue weighted by Crippen LogP contribution is 2.17. The Morgan fingerprint density at radius 1 is 1.28 bits per heavy atom. The molecule has 2 heterocycles. The number of piperazine rings is 1. The Morgan fingerprint density at radius 2 is 2.00 bits per heavy atom. The van der Waals surface area contributed by atoms with E-state index in [1.807, 2.05) is 4.90 Å². The highest BCUT2D eigenvalue weighted by atomic mass is 32.2. The molecule has 1 saturated heterocycles. The number of para-hydroxylation sites is 1. The van der Waals surface area contributed by atoms with Crippen LogP contribution in [0.25, 0.3) is 0 Å². The fourth-order valence-corrected chi connectivity index (χ4v) is 4.54. The van der Waals surface area contributed by atoms with Gasteiger partial charge >= 0.3 is 0 Å². The summed E-state index contributed by atoms with van der Waals surface area (Å²) in [5, 5.41) is 17.9. The molecule has 2 aromatic rings. The number of guanidine groups is 1. The molecular weight excluding hydrogens is 400 g/mol. The van der Waals surface area contributed by atoms with Gasteiger partial charge in [0.25, 0.3) is 5.69 Å². The smallest absolute Gasteiger partial charge is 0.274 e. The molecule has 1 aromatic carbocycles. The van der Waals surface area contributed by atoms with Crippen LogP contribution in [-0.2, 0) is 22.3 Å². The first kappa shape index (κ1) is 20.7. The second-order valence-corrected chi connectivity index (χ2v) is 8.39. The minimum absolute atomic E-state index is 0.0409. The molecule has 0 unspecified atom stereocenters. The third-order valence-electron chi connectivity index (χ3n) is 4.59. The predicted molar refractivity (Wildman–Crippen MR) is 106 cm³/mol. The van der Waals surface area contributed by atoms with E-state index in [1.54, 1.807) is 25.2 Å². The lowest BCUT2D eigenvalue weighted by molar-refractivity contribution is -0.385. The van der Waals surface area contributed by atoms with Crippen LogP contribution in [0.1, 0.15) is 11.3 Å². The molecule has 0 radical (unpaired) electrons. The number of hydrogen-bond donors (Lipinski definition) is 1. The SMILES string of the molecule is CN=C(NCc1ccccc1[N+](=O)[O-])N1CCN(S(=O)(=O)Cc2ccon2)CC1. The van der Waals surface area contributed by atoms with E-state index in [4.69, 9.17) is 0 Å². The van der Waals surface area contributed by atoms with Crippen LogP contribution < -0.4 is 5.32 Å². The Balaban J connectivity index is 1.57. The van der Waals surface area contributed by atoms with Crippen molar-refractivity contribution in [3.8, 4) is 0 Å². The lowest BCUT2D eigenvalue weighted by Gasteiger charge is -2.35. The van der Waals surface area contributed by atoms with E-state index in [0.29, 0.717) is 43.4 Å². The van der Waals surface area contributed by atoms with Crippen LogP contribution in [0.4, 0.5) is 5.69 Å². The third kappa shape index (κ3) is 5.09. The summed E-state index contributed by atoms with van der Waals surface area (Å²) in [6.07, 6.45) is 1.34. The molecule has 3 rings (SSSR count). The van der Waals surface area contributed by atoms with Crippen molar-refractivity contribution in [2.75, 3.05) is 33.2 Å². The Morgan fingerprint density at radius 3 is 2.62 bits per heavy atom. The van der Waals surface area contributed by atoms with E-state index in [2.05, 4.69) is 20.0 Å². The summed E-state index contributed by atoms with van der Waals surface area (Å²) >= 11 is 0. The van der Waals surface area contributed by atoms with Gasteiger partial charge in [-0.05, 0) is 0 Å². The first-order chi connectivity index (χ1) is 13.9. The standard InChI is InChI=1S/C17H22N6O5S/c1-18-17(19-12-14-4-2-3-5-16(14)23(24)25)21-7-9-22(10-8-21)29(26,27)13-15-6-11-28-20-15/h2-6,11H,7-10,12-13H2,1H3,(H,18,19). The summed E-state index contributed by atoms with van der Waals surface area (Å²) in [6, 6.07) is 8.04. The minimum atomic E-state index is -3.48. The highest BCUT2D eigenvalue weighted by molar-refractivity contribution is 7.88. The summed E-state index contributed by atoms with van der Waals surface area (Å²) < 4.78 is 31.2. The number of nitrogens with one attached hydrogen (secondary N) is 1. The average molecular weight is 422 g/mol. The number of aliphatic imine (C=N–C) groups is 1. The third-order valence-corrected chi connectivity index (χ3v) is 6.40. The summed E-state index contributed by atoms with van der Waals surface area (Å²) in [6.45, 7) is 1.77. The molecule has 1 fully saturated rings. The fraction of sp³-hybridized carbons (Fsp3) is 0.412. The van der Waals surface area contributed by atoms with Crippen molar-refractivity contribution in [3.05, 3.63) is 58.0 Å². The fourth-order valence-electron chi connectivity index (χ4n) is 3.11. The van der Waals surface area contributed by atoms with E-state index in [0.717, 1.165) is 0 Å². The molecule has 12 heteroatoms. The topological polar surface area (TPSA) is 134 Å². The lowest BCUT2D eigenvalue weighted by Crippen LogP contribution is -2.53. The molecule has 11 nitrogen and oxygen atoms in total. The Labute approximate surface area is 168 Å². The van der Waals surface area contributed by atoms with Crippen LogP contribution in [0.5, 0.6) is 0 Å². The number of sulfonamides is 1. The van der Waals surface area contributed by atoms with Crippen LogP contribution >= 0.6 is 0 Å². The van der Waals surface area contributed by atoms with Crippen LogP contribution in [0.15, 0.2) is 46.1 Å². The Kier molecular flexibility index (Phi) is 6.44. The summed E-state index contributed by atoms with van der Waals surface area (Å²) in [5.41, 5.74) is 0.959. The molecule has 0 amide bonds. The maximum Gasteiger partial charge on any atom is 0.274 e. The quantitative estimate of drug-likeness (QED) is 0.313. The highest BCUT2D eigenvalue weighted by Gasteiger charge is 2.29. The number of aromatic nitrogens is 1. The Bertz CT molecular complexity index is 968. The van der Waals surface area contributed by atoms with Gasteiger partial charge in [0.1, 0.15) is 12.0 Å². The monoisotopic (exact) mass is 422 g/mol. The number of rotatable bonds is 6. The molecule has 0 saturated carbocycles. The van der Waals surface area contributed by atoms with E-state index >= 15 is 0 Å². The van der Waals surface area contributed by atoms with Gasteiger partial charge in [0.15, 0.2) is 5.96 Å². The average Bonchev–Trinajstić information content (AvgIpc) is 3.21. The molecule has 0 aliphatic carbocycles. The van der Waals surface area contributed by atoms with Gasteiger partial charge in [-0.3, -0.25) is 15.1 Å². The first-order valence-electron chi connectivity index (χ1n) is 8.95.